The van der Waals surface area contributed by atoms with Gasteiger partial charge >= 0.3 is 0 Å². The Bertz CT molecular complexity index is 198. The summed E-state index contributed by atoms with van der Waals surface area (Å²) in [6.45, 7) is 8.28. The number of allylic oxidation sites excluding steroid dienone is 2. The van der Waals surface area contributed by atoms with Crippen LogP contribution >= 0.6 is 0 Å². The largest absolute Gasteiger partial charge is 0.356 e. The molecular formula is C11H17NO. The van der Waals surface area contributed by atoms with Crippen molar-refractivity contribution in [1.82, 2.24) is 5.32 Å². The lowest BCUT2D eigenvalue weighted by Gasteiger charge is -2.35. The maximum atomic E-state index is 11.0. The third kappa shape index (κ3) is 2.44. The van der Waals surface area contributed by atoms with Gasteiger partial charge in [-0.15, -0.1) is 13.2 Å². The minimum atomic E-state index is 0.170. The molecule has 1 aliphatic heterocycles. The van der Waals surface area contributed by atoms with E-state index in [2.05, 4.69) is 18.5 Å². The molecule has 0 bridgehead atoms. The van der Waals surface area contributed by atoms with Gasteiger partial charge in [0.15, 0.2) is 0 Å². The van der Waals surface area contributed by atoms with E-state index >= 15 is 0 Å². The van der Waals surface area contributed by atoms with Gasteiger partial charge in [-0.2, -0.15) is 0 Å². The quantitative estimate of drug-likeness (QED) is 0.657. The Labute approximate surface area is 79.7 Å². The Morgan fingerprint density at radius 1 is 1.38 bits per heavy atom. The summed E-state index contributed by atoms with van der Waals surface area (Å²) >= 11 is 0. The van der Waals surface area contributed by atoms with E-state index in [0.717, 1.165) is 25.8 Å². The average molecular weight is 179 g/mol. The summed E-state index contributed by atoms with van der Waals surface area (Å²) in [5.74, 6) is 0.170. The second kappa shape index (κ2) is 4.26. The van der Waals surface area contributed by atoms with Crippen LogP contribution < -0.4 is 5.32 Å². The minimum absolute atomic E-state index is 0.170. The highest BCUT2D eigenvalue weighted by molar-refractivity contribution is 5.76. The maximum absolute atomic E-state index is 11.0. The topological polar surface area (TPSA) is 29.1 Å². The number of carbonyl (C=O) groups excluding carboxylic acids is 1. The van der Waals surface area contributed by atoms with Crippen LogP contribution in [-0.2, 0) is 4.79 Å². The number of rotatable bonds is 4. The second-order valence-electron chi connectivity index (χ2n) is 3.76. The summed E-state index contributed by atoms with van der Waals surface area (Å²) in [5.41, 5.74) is 0.192. The molecule has 0 unspecified atom stereocenters. The number of amides is 1. The van der Waals surface area contributed by atoms with Crippen molar-refractivity contribution in [3.8, 4) is 0 Å². The van der Waals surface area contributed by atoms with Gasteiger partial charge in [0.25, 0.3) is 0 Å². The second-order valence-corrected chi connectivity index (χ2v) is 3.76. The number of nitrogens with one attached hydrogen (secondary N) is 1. The molecule has 2 heteroatoms. The van der Waals surface area contributed by atoms with Gasteiger partial charge in [-0.05, 0) is 24.7 Å². The Balaban J connectivity index is 2.61. The van der Waals surface area contributed by atoms with Gasteiger partial charge in [0.2, 0.25) is 5.91 Å². The van der Waals surface area contributed by atoms with Crippen LogP contribution in [0.1, 0.15) is 25.7 Å². The first-order chi connectivity index (χ1) is 6.22. The fraction of sp³-hybridized carbons (Fsp3) is 0.545. The Morgan fingerprint density at radius 3 is 2.38 bits per heavy atom. The van der Waals surface area contributed by atoms with Gasteiger partial charge in [-0.3, -0.25) is 4.79 Å². The number of carbonyl (C=O) groups is 1. The fourth-order valence-electron chi connectivity index (χ4n) is 1.89. The first-order valence-electron chi connectivity index (χ1n) is 4.71. The zero-order valence-electron chi connectivity index (χ0n) is 8.01. The molecule has 1 N–H and O–H groups in total. The molecule has 0 saturated carbocycles. The van der Waals surface area contributed by atoms with E-state index in [4.69, 9.17) is 0 Å². The number of hydrogen-bond donors (Lipinski definition) is 1. The lowest BCUT2D eigenvalue weighted by Crippen LogP contribution is -2.42. The summed E-state index contributed by atoms with van der Waals surface area (Å²) in [6, 6.07) is 0. The highest BCUT2D eigenvalue weighted by Gasteiger charge is 2.31. The van der Waals surface area contributed by atoms with Crippen molar-refractivity contribution in [1.29, 1.82) is 0 Å². The van der Waals surface area contributed by atoms with Crippen molar-refractivity contribution >= 4 is 5.91 Å². The van der Waals surface area contributed by atoms with Gasteiger partial charge < -0.3 is 5.32 Å². The third-order valence-electron chi connectivity index (χ3n) is 2.70. The smallest absolute Gasteiger partial charge is 0.220 e. The summed E-state index contributed by atoms with van der Waals surface area (Å²) in [5, 5.41) is 2.91. The van der Waals surface area contributed by atoms with Crippen molar-refractivity contribution in [3.05, 3.63) is 25.3 Å². The molecule has 0 aromatic carbocycles. The van der Waals surface area contributed by atoms with Crippen LogP contribution in [0.15, 0.2) is 25.3 Å². The predicted octanol–water partition coefficient (Wildman–Crippen LogP) is 2.04. The molecule has 72 valence electrons. The molecule has 0 aromatic rings. The Morgan fingerprint density at radius 2 is 2.00 bits per heavy atom. The van der Waals surface area contributed by atoms with Gasteiger partial charge in [-0.1, -0.05) is 12.2 Å². The van der Waals surface area contributed by atoms with E-state index < -0.39 is 0 Å². The van der Waals surface area contributed by atoms with Crippen LogP contribution in [0, 0.1) is 5.41 Å². The SMILES string of the molecule is C=CCC1(CC=C)CCC(=O)NC1. The molecule has 1 fully saturated rings. The molecule has 0 aromatic heterocycles. The van der Waals surface area contributed by atoms with Gasteiger partial charge in [-0.25, -0.2) is 0 Å². The van der Waals surface area contributed by atoms with E-state index in [9.17, 15) is 4.79 Å². The summed E-state index contributed by atoms with van der Waals surface area (Å²) in [6.07, 6.45) is 7.37. The molecule has 0 atom stereocenters. The molecule has 1 amide bonds. The van der Waals surface area contributed by atoms with Crippen LogP contribution in [0.5, 0.6) is 0 Å². The van der Waals surface area contributed by atoms with E-state index in [1.807, 2.05) is 12.2 Å². The zero-order chi connectivity index (χ0) is 9.73. The van der Waals surface area contributed by atoms with Crippen LogP contribution in [0.4, 0.5) is 0 Å². The lowest BCUT2D eigenvalue weighted by molar-refractivity contribution is -0.124. The Kier molecular flexibility index (Phi) is 3.29. The Hall–Kier alpha value is -1.05. The van der Waals surface area contributed by atoms with Crippen LogP contribution in [0.3, 0.4) is 0 Å². The summed E-state index contributed by atoms with van der Waals surface area (Å²) in [4.78, 5) is 11.0. The highest BCUT2D eigenvalue weighted by Crippen LogP contribution is 2.34. The van der Waals surface area contributed by atoms with Crippen LogP contribution in [-0.4, -0.2) is 12.5 Å². The third-order valence-corrected chi connectivity index (χ3v) is 2.70. The molecule has 0 radical (unpaired) electrons. The maximum Gasteiger partial charge on any atom is 0.220 e. The molecule has 1 rings (SSSR count). The predicted molar refractivity (Wildman–Crippen MR) is 54.3 cm³/mol. The first kappa shape index (κ1) is 10.0. The van der Waals surface area contributed by atoms with Crippen molar-refractivity contribution < 1.29 is 4.79 Å². The minimum Gasteiger partial charge on any atom is -0.356 e. The normalized spacial score (nSPS) is 20.5. The summed E-state index contributed by atoms with van der Waals surface area (Å²) in [7, 11) is 0. The van der Waals surface area contributed by atoms with Gasteiger partial charge in [0.1, 0.15) is 0 Å². The van der Waals surface area contributed by atoms with Gasteiger partial charge in [0.05, 0.1) is 0 Å². The number of piperidine rings is 1. The van der Waals surface area contributed by atoms with Crippen molar-refractivity contribution in [2.75, 3.05) is 6.54 Å². The molecule has 1 saturated heterocycles. The zero-order valence-corrected chi connectivity index (χ0v) is 8.01. The number of hydrogen-bond acceptors (Lipinski definition) is 1. The van der Waals surface area contributed by atoms with E-state index in [-0.39, 0.29) is 11.3 Å². The van der Waals surface area contributed by atoms with Gasteiger partial charge in [0, 0.05) is 13.0 Å². The molecule has 13 heavy (non-hydrogen) atoms. The van der Waals surface area contributed by atoms with E-state index in [1.165, 1.54) is 0 Å². The molecule has 2 nitrogen and oxygen atoms in total. The molecule has 0 aliphatic carbocycles. The van der Waals surface area contributed by atoms with Crippen LogP contribution in [0.25, 0.3) is 0 Å². The van der Waals surface area contributed by atoms with Crippen molar-refractivity contribution in [3.63, 3.8) is 0 Å². The van der Waals surface area contributed by atoms with Crippen LogP contribution in [0.2, 0.25) is 0 Å². The van der Waals surface area contributed by atoms with E-state index in [1.54, 1.807) is 0 Å². The fourth-order valence-corrected chi connectivity index (χ4v) is 1.89. The molecular weight excluding hydrogens is 162 g/mol. The standard InChI is InChI=1S/C11H17NO/c1-3-6-11(7-4-2)8-5-10(13)12-9-11/h3-4H,1-2,5-9H2,(H,12,13). The van der Waals surface area contributed by atoms with Crippen molar-refractivity contribution in [2.45, 2.75) is 25.7 Å². The molecule has 1 heterocycles. The summed E-state index contributed by atoms with van der Waals surface area (Å²) < 4.78 is 0. The van der Waals surface area contributed by atoms with E-state index in [0.29, 0.717) is 6.42 Å². The monoisotopic (exact) mass is 179 g/mol. The lowest BCUT2D eigenvalue weighted by atomic mass is 9.75. The van der Waals surface area contributed by atoms with Crippen molar-refractivity contribution in [2.24, 2.45) is 5.41 Å². The molecule has 1 aliphatic rings. The highest BCUT2D eigenvalue weighted by atomic mass is 16.1. The molecule has 0 spiro atoms. The first-order valence-corrected chi connectivity index (χ1v) is 4.71. The average Bonchev–Trinajstić information content (AvgIpc) is 2.11.